The van der Waals surface area contributed by atoms with Crippen molar-refractivity contribution in [3.8, 4) is 5.75 Å². The predicted molar refractivity (Wildman–Crippen MR) is 74.0 cm³/mol. The summed E-state index contributed by atoms with van der Waals surface area (Å²) in [5.41, 5.74) is 8.52. The molecule has 19 heavy (non-hydrogen) atoms. The summed E-state index contributed by atoms with van der Waals surface area (Å²) in [5, 5.41) is 4.39. The lowest BCUT2D eigenvalue weighted by molar-refractivity contribution is 0.258. The van der Waals surface area contributed by atoms with E-state index in [-0.39, 0.29) is 6.04 Å². The van der Waals surface area contributed by atoms with Gasteiger partial charge >= 0.3 is 0 Å². The maximum Gasteiger partial charge on any atom is 0.122 e. The number of para-hydroxylation sites is 1. The Balaban J connectivity index is 1.77. The number of hydrogen-bond donors (Lipinski definition) is 1. The van der Waals surface area contributed by atoms with Gasteiger partial charge in [0.05, 0.1) is 12.3 Å². The molecule has 0 fully saturated rings. The molecule has 0 saturated carbocycles. The maximum absolute atomic E-state index is 6.28. The van der Waals surface area contributed by atoms with Crippen LogP contribution in [0.25, 0.3) is 0 Å². The number of ether oxygens (including phenoxy) is 1. The summed E-state index contributed by atoms with van der Waals surface area (Å²) in [6.07, 6.45) is 3.88. The highest BCUT2D eigenvalue weighted by atomic mass is 16.5. The van der Waals surface area contributed by atoms with Crippen molar-refractivity contribution in [1.82, 2.24) is 9.78 Å². The van der Waals surface area contributed by atoms with Gasteiger partial charge in [-0.3, -0.25) is 4.68 Å². The molecule has 100 valence electrons. The van der Waals surface area contributed by atoms with Gasteiger partial charge in [-0.25, -0.2) is 0 Å². The van der Waals surface area contributed by atoms with E-state index >= 15 is 0 Å². The van der Waals surface area contributed by atoms with Crippen LogP contribution in [0.4, 0.5) is 0 Å². The van der Waals surface area contributed by atoms with Gasteiger partial charge in [0.15, 0.2) is 0 Å². The van der Waals surface area contributed by atoms with Gasteiger partial charge in [0.2, 0.25) is 0 Å². The lowest BCUT2D eigenvalue weighted by Gasteiger charge is -2.27. The number of fused-ring (bicyclic) bond motifs is 1. The van der Waals surface area contributed by atoms with Crippen LogP contribution in [0.1, 0.15) is 36.1 Å². The SMILES string of the molecule is Cn1ccc(C(N)CC2CCOc3ccccc32)n1. The van der Waals surface area contributed by atoms with Crippen molar-refractivity contribution < 1.29 is 4.74 Å². The fourth-order valence-corrected chi connectivity index (χ4v) is 2.72. The molecule has 0 spiro atoms. The van der Waals surface area contributed by atoms with E-state index in [2.05, 4.69) is 17.2 Å². The molecule has 1 aromatic heterocycles. The first kappa shape index (κ1) is 12.2. The summed E-state index contributed by atoms with van der Waals surface area (Å²) in [6, 6.07) is 10.2. The summed E-state index contributed by atoms with van der Waals surface area (Å²) in [4.78, 5) is 0. The number of aromatic nitrogens is 2. The van der Waals surface area contributed by atoms with Crippen LogP contribution in [-0.4, -0.2) is 16.4 Å². The Kier molecular flexibility index (Phi) is 3.25. The second-order valence-corrected chi connectivity index (χ2v) is 5.13. The number of rotatable bonds is 3. The third-order valence-electron chi connectivity index (χ3n) is 3.74. The van der Waals surface area contributed by atoms with Gasteiger partial charge in [0.25, 0.3) is 0 Å². The van der Waals surface area contributed by atoms with Crippen LogP contribution in [0, 0.1) is 0 Å². The second-order valence-electron chi connectivity index (χ2n) is 5.13. The first-order chi connectivity index (χ1) is 9.24. The zero-order chi connectivity index (χ0) is 13.2. The number of hydrogen-bond acceptors (Lipinski definition) is 3. The Morgan fingerprint density at radius 1 is 1.42 bits per heavy atom. The van der Waals surface area contributed by atoms with Crippen molar-refractivity contribution >= 4 is 0 Å². The van der Waals surface area contributed by atoms with E-state index in [1.807, 2.05) is 31.4 Å². The molecule has 2 atom stereocenters. The Hall–Kier alpha value is -1.81. The minimum atomic E-state index is -0.0163. The fraction of sp³-hybridized carbons (Fsp3) is 0.400. The van der Waals surface area contributed by atoms with E-state index in [1.54, 1.807) is 4.68 Å². The van der Waals surface area contributed by atoms with Gasteiger partial charge in [-0.1, -0.05) is 18.2 Å². The van der Waals surface area contributed by atoms with E-state index in [9.17, 15) is 0 Å². The van der Waals surface area contributed by atoms with Crippen LogP contribution in [0.2, 0.25) is 0 Å². The van der Waals surface area contributed by atoms with E-state index in [1.165, 1.54) is 5.56 Å². The quantitative estimate of drug-likeness (QED) is 0.918. The van der Waals surface area contributed by atoms with Gasteiger partial charge in [-0.2, -0.15) is 5.10 Å². The molecule has 0 saturated heterocycles. The normalized spacial score (nSPS) is 19.6. The third-order valence-corrected chi connectivity index (χ3v) is 3.74. The zero-order valence-electron chi connectivity index (χ0n) is 11.1. The van der Waals surface area contributed by atoms with Crippen LogP contribution in [0.5, 0.6) is 5.75 Å². The molecule has 4 nitrogen and oxygen atoms in total. The van der Waals surface area contributed by atoms with E-state index < -0.39 is 0 Å². The lowest BCUT2D eigenvalue weighted by atomic mass is 9.87. The molecule has 0 radical (unpaired) electrons. The molecular weight excluding hydrogens is 238 g/mol. The zero-order valence-corrected chi connectivity index (χ0v) is 11.1. The molecule has 1 aliphatic rings. The van der Waals surface area contributed by atoms with Gasteiger partial charge in [-0.15, -0.1) is 0 Å². The van der Waals surface area contributed by atoms with Crippen LogP contribution >= 0.6 is 0 Å². The van der Waals surface area contributed by atoms with Crippen molar-refractivity contribution in [2.24, 2.45) is 12.8 Å². The number of nitrogens with two attached hydrogens (primary N) is 1. The largest absolute Gasteiger partial charge is 0.493 e. The van der Waals surface area contributed by atoms with Crippen LogP contribution in [0.15, 0.2) is 36.5 Å². The van der Waals surface area contributed by atoms with Crippen LogP contribution in [-0.2, 0) is 7.05 Å². The first-order valence-corrected chi connectivity index (χ1v) is 6.71. The number of aryl methyl sites for hydroxylation is 1. The van der Waals surface area contributed by atoms with Crippen molar-refractivity contribution in [2.45, 2.75) is 24.8 Å². The van der Waals surface area contributed by atoms with Crippen LogP contribution < -0.4 is 10.5 Å². The summed E-state index contributed by atoms with van der Waals surface area (Å²) in [7, 11) is 1.92. The predicted octanol–water partition coefficient (Wildman–Crippen LogP) is 2.38. The molecule has 0 amide bonds. The highest BCUT2D eigenvalue weighted by Gasteiger charge is 2.24. The Morgan fingerprint density at radius 2 is 2.26 bits per heavy atom. The molecule has 2 N–H and O–H groups in total. The standard InChI is InChI=1S/C15H19N3O/c1-18-8-6-14(17-18)13(16)10-11-7-9-19-15-5-3-2-4-12(11)15/h2-6,8,11,13H,7,9-10,16H2,1H3. The summed E-state index contributed by atoms with van der Waals surface area (Å²) in [6.45, 7) is 0.774. The summed E-state index contributed by atoms with van der Waals surface area (Å²) >= 11 is 0. The third kappa shape index (κ3) is 2.49. The monoisotopic (exact) mass is 257 g/mol. The molecule has 2 heterocycles. The van der Waals surface area contributed by atoms with Crippen molar-refractivity contribution in [3.05, 3.63) is 47.8 Å². The summed E-state index contributed by atoms with van der Waals surface area (Å²) in [5.74, 6) is 1.47. The fourth-order valence-electron chi connectivity index (χ4n) is 2.72. The Bertz CT molecular complexity index is 564. The molecule has 2 aromatic rings. The summed E-state index contributed by atoms with van der Waals surface area (Å²) < 4.78 is 7.48. The molecule has 1 aromatic carbocycles. The van der Waals surface area contributed by atoms with Gasteiger partial charge in [-0.05, 0) is 36.5 Å². The highest BCUT2D eigenvalue weighted by Crippen LogP contribution is 2.37. The lowest BCUT2D eigenvalue weighted by Crippen LogP contribution is -2.20. The minimum Gasteiger partial charge on any atom is -0.493 e. The molecule has 0 aliphatic carbocycles. The second kappa shape index (κ2) is 5.05. The topological polar surface area (TPSA) is 53.1 Å². The van der Waals surface area contributed by atoms with Crippen molar-refractivity contribution in [3.63, 3.8) is 0 Å². The van der Waals surface area contributed by atoms with E-state index in [0.717, 1.165) is 30.9 Å². The van der Waals surface area contributed by atoms with E-state index in [0.29, 0.717) is 5.92 Å². The van der Waals surface area contributed by atoms with Crippen molar-refractivity contribution in [1.29, 1.82) is 0 Å². The molecule has 1 aliphatic heterocycles. The van der Waals surface area contributed by atoms with Gasteiger partial charge < -0.3 is 10.5 Å². The maximum atomic E-state index is 6.28. The molecular formula is C15H19N3O. The highest BCUT2D eigenvalue weighted by molar-refractivity contribution is 5.38. The number of benzene rings is 1. The van der Waals surface area contributed by atoms with Crippen molar-refractivity contribution in [2.75, 3.05) is 6.61 Å². The van der Waals surface area contributed by atoms with Gasteiger partial charge in [0.1, 0.15) is 5.75 Å². The molecule has 2 unspecified atom stereocenters. The minimum absolute atomic E-state index is 0.0163. The Labute approximate surface area is 113 Å². The molecule has 0 bridgehead atoms. The number of nitrogens with zero attached hydrogens (tertiary/aromatic N) is 2. The Morgan fingerprint density at radius 3 is 3.05 bits per heavy atom. The van der Waals surface area contributed by atoms with Crippen LogP contribution in [0.3, 0.4) is 0 Å². The van der Waals surface area contributed by atoms with Gasteiger partial charge in [0, 0.05) is 19.3 Å². The van der Waals surface area contributed by atoms with E-state index in [4.69, 9.17) is 10.5 Å². The molecule has 3 rings (SSSR count). The molecule has 4 heteroatoms. The average Bonchev–Trinajstić information content (AvgIpc) is 2.86. The first-order valence-electron chi connectivity index (χ1n) is 6.71. The average molecular weight is 257 g/mol. The smallest absolute Gasteiger partial charge is 0.122 e.